The molecule has 2 N–H and O–H groups in total. The Morgan fingerprint density at radius 3 is 2.14 bits per heavy atom. The van der Waals surface area contributed by atoms with Crippen LogP contribution in [-0.2, 0) is 15.0 Å². The Bertz CT molecular complexity index is 427. The number of amides is 1. The number of carbonyl (C=O) groups excluding carboxylic acids is 1. The summed E-state index contributed by atoms with van der Waals surface area (Å²) in [5, 5.41) is 4.89. The van der Waals surface area contributed by atoms with Gasteiger partial charge in [-0.2, -0.15) is 12.7 Å². The maximum absolute atomic E-state index is 11.1. The van der Waals surface area contributed by atoms with Crippen LogP contribution in [0.3, 0.4) is 0 Å². The Hall–Kier alpha value is -1.40. The lowest BCUT2D eigenvalue weighted by Crippen LogP contribution is -2.40. The van der Waals surface area contributed by atoms with Gasteiger partial charge >= 0.3 is 10.2 Å². The molecular formula is C8H10N2O3S. The van der Waals surface area contributed by atoms with Gasteiger partial charge in [0, 0.05) is 6.92 Å². The Labute approximate surface area is 82.3 Å². The van der Waals surface area contributed by atoms with Crippen LogP contribution in [0, 0.1) is 0 Å². The topological polar surface area (TPSA) is 80.5 Å². The van der Waals surface area contributed by atoms with Gasteiger partial charge < -0.3 is 0 Å². The smallest absolute Gasteiger partial charge is 0.274 e. The Morgan fingerprint density at radius 1 is 1.29 bits per heavy atom. The quantitative estimate of drug-likeness (QED) is 0.765. The number of rotatable bonds is 2. The van der Waals surface area contributed by atoms with Crippen molar-refractivity contribution >= 4 is 21.8 Å². The van der Waals surface area contributed by atoms with E-state index in [4.69, 9.17) is 5.14 Å². The summed E-state index contributed by atoms with van der Waals surface area (Å²) in [5.74, 6) is -0.640. The molecule has 0 aliphatic rings. The third-order valence-electron chi connectivity index (χ3n) is 1.53. The van der Waals surface area contributed by atoms with E-state index in [9.17, 15) is 13.2 Å². The van der Waals surface area contributed by atoms with E-state index in [-0.39, 0.29) is 5.69 Å². The van der Waals surface area contributed by atoms with Crippen molar-refractivity contribution in [2.75, 3.05) is 4.31 Å². The van der Waals surface area contributed by atoms with E-state index in [1.54, 1.807) is 18.2 Å². The van der Waals surface area contributed by atoms with E-state index in [1.807, 2.05) is 0 Å². The Kier molecular flexibility index (Phi) is 2.87. The van der Waals surface area contributed by atoms with E-state index >= 15 is 0 Å². The number of hydrogen-bond acceptors (Lipinski definition) is 3. The minimum atomic E-state index is -4.03. The van der Waals surface area contributed by atoms with Gasteiger partial charge in [0.05, 0.1) is 5.69 Å². The monoisotopic (exact) mass is 214 g/mol. The zero-order valence-electron chi connectivity index (χ0n) is 7.54. The van der Waals surface area contributed by atoms with Crippen LogP contribution in [0.2, 0.25) is 0 Å². The highest BCUT2D eigenvalue weighted by Crippen LogP contribution is 2.15. The molecule has 0 spiro atoms. The highest BCUT2D eigenvalue weighted by atomic mass is 32.2. The molecule has 0 unspecified atom stereocenters. The van der Waals surface area contributed by atoms with E-state index in [0.717, 1.165) is 6.92 Å². The number of anilines is 1. The molecule has 6 heteroatoms. The number of nitrogens with zero attached hydrogens (tertiary/aromatic N) is 1. The fourth-order valence-electron chi connectivity index (χ4n) is 1.07. The number of benzene rings is 1. The number of nitrogens with two attached hydrogens (primary N) is 1. The van der Waals surface area contributed by atoms with Gasteiger partial charge in [-0.15, -0.1) is 0 Å². The molecule has 0 bridgehead atoms. The van der Waals surface area contributed by atoms with E-state index in [0.29, 0.717) is 4.31 Å². The Morgan fingerprint density at radius 2 is 1.79 bits per heavy atom. The van der Waals surface area contributed by atoms with Crippen LogP contribution in [0.5, 0.6) is 0 Å². The largest absolute Gasteiger partial charge is 0.305 e. The lowest BCUT2D eigenvalue weighted by atomic mass is 10.3. The van der Waals surface area contributed by atoms with Crippen LogP contribution < -0.4 is 9.44 Å². The normalized spacial score (nSPS) is 11.0. The summed E-state index contributed by atoms with van der Waals surface area (Å²) in [7, 11) is -4.03. The first kappa shape index (κ1) is 10.7. The molecule has 76 valence electrons. The highest BCUT2D eigenvalue weighted by Gasteiger charge is 2.21. The average molecular weight is 214 g/mol. The summed E-state index contributed by atoms with van der Waals surface area (Å²) in [5.41, 5.74) is 0.238. The molecule has 0 fully saturated rings. The van der Waals surface area contributed by atoms with E-state index in [2.05, 4.69) is 0 Å². The second kappa shape index (κ2) is 3.77. The molecule has 0 aromatic heterocycles. The van der Waals surface area contributed by atoms with Crippen LogP contribution in [0.1, 0.15) is 6.92 Å². The molecule has 1 amide bonds. The molecule has 0 saturated carbocycles. The third kappa shape index (κ3) is 2.30. The molecule has 0 atom stereocenters. The van der Waals surface area contributed by atoms with Crippen LogP contribution >= 0.6 is 0 Å². The fraction of sp³-hybridized carbons (Fsp3) is 0.125. The van der Waals surface area contributed by atoms with Gasteiger partial charge in [0.2, 0.25) is 5.91 Å². The van der Waals surface area contributed by atoms with Gasteiger partial charge in [-0.05, 0) is 12.1 Å². The van der Waals surface area contributed by atoms with Gasteiger partial charge in [0.15, 0.2) is 0 Å². The Balaban J connectivity index is 3.22. The number of carbonyl (C=O) groups is 1. The van der Waals surface area contributed by atoms with Gasteiger partial charge in [0.25, 0.3) is 0 Å². The van der Waals surface area contributed by atoms with Gasteiger partial charge in [-0.3, -0.25) is 4.79 Å². The fourth-order valence-corrected chi connectivity index (χ4v) is 1.85. The van der Waals surface area contributed by atoms with Crippen molar-refractivity contribution in [2.45, 2.75) is 6.92 Å². The van der Waals surface area contributed by atoms with Crippen LogP contribution in [0.25, 0.3) is 0 Å². The maximum Gasteiger partial charge on any atom is 0.305 e. The van der Waals surface area contributed by atoms with Gasteiger partial charge in [-0.1, -0.05) is 18.2 Å². The number of para-hydroxylation sites is 1. The zero-order valence-corrected chi connectivity index (χ0v) is 8.36. The zero-order chi connectivity index (χ0) is 10.8. The summed E-state index contributed by atoms with van der Waals surface area (Å²) in [6.07, 6.45) is 0. The van der Waals surface area contributed by atoms with Gasteiger partial charge in [0.1, 0.15) is 0 Å². The molecule has 0 heterocycles. The lowest BCUT2D eigenvalue weighted by molar-refractivity contribution is -0.115. The van der Waals surface area contributed by atoms with Crippen molar-refractivity contribution < 1.29 is 13.2 Å². The van der Waals surface area contributed by atoms with Crippen LogP contribution in [0.15, 0.2) is 30.3 Å². The molecule has 5 nitrogen and oxygen atoms in total. The van der Waals surface area contributed by atoms with Crippen LogP contribution in [-0.4, -0.2) is 14.3 Å². The van der Waals surface area contributed by atoms with Crippen molar-refractivity contribution in [3.05, 3.63) is 30.3 Å². The minimum Gasteiger partial charge on any atom is -0.274 e. The summed E-state index contributed by atoms with van der Waals surface area (Å²) >= 11 is 0. The second-order valence-electron chi connectivity index (χ2n) is 2.66. The molecule has 1 rings (SSSR count). The first-order valence-corrected chi connectivity index (χ1v) is 5.32. The van der Waals surface area contributed by atoms with Crippen molar-refractivity contribution in [2.24, 2.45) is 5.14 Å². The molecule has 0 saturated heterocycles. The molecule has 1 aromatic rings. The van der Waals surface area contributed by atoms with Crippen molar-refractivity contribution in [3.8, 4) is 0 Å². The maximum atomic E-state index is 11.1. The second-order valence-corrected chi connectivity index (χ2v) is 4.06. The lowest BCUT2D eigenvalue weighted by Gasteiger charge is -2.17. The summed E-state index contributed by atoms with van der Waals surface area (Å²) in [4.78, 5) is 11.1. The molecule has 14 heavy (non-hydrogen) atoms. The highest BCUT2D eigenvalue weighted by molar-refractivity contribution is 7.91. The van der Waals surface area contributed by atoms with Crippen molar-refractivity contribution in [1.29, 1.82) is 0 Å². The van der Waals surface area contributed by atoms with Crippen LogP contribution in [0.4, 0.5) is 5.69 Å². The first-order chi connectivity index (χ1) is 6.43. The summed E-state index contributed by atoms with van der Waals surface area (Å²) < 4.78 is 22.7. The van der Waals surface area contributed by atoms with E-state index in [1.165, 1.54) is 12.1 Å². The molecule has 1 aromatic carbocycles. The van der Waals surface area contributed by atoms with Gasteiger partial charge in [-0.25, -0.2) is 5.14 Å². The summed E-state index contributed by atoms with van der Waals surface area (Å²) in [6, 6.07) is 7.94. The molecule has 0 radical (unpaired) electrons. The predicted octanol–water partition coefficient (Wildman–Crippen LogP) is 0.243. The number of hydrogen-bond donors (Lipinski definition) is 1. The average Bonchev–Trinajstić information content (AvgIpc) is 2.02. The van der Waals surface area contributed by atoms with Crippen molar-refractivity contribution in [3.63, 3.8) is 0 Å². The molecule has 0 aliphatic heterocycles. The summed E-state index contributed by atoms with van der Waals surface area (Å²) in [6.45, 7) is 1.14. The molecular weight excluding hydrogens is 204 g/mol. The SMILES string of the molecule is CC(=O)N(c1ccccc1)S(N)(=O)=O. The first-order valence-electron chi connectivity index (χ1n) is 3.81. The standard InChI is InChI=1S/C8H10N2O3S/c1-7(11)10(14(9,12)13)8-5-3-2-4-6-8/h2-6H,1H3,(H2,9,12,13). The molecule has 0 aliphatic carbocycles. The minimum absolute atomic E-state index is 0.238. The predicted molar refractivity (Wildman–Crippen MR) is 52.7 cm³/mol. The van der Waals surface area contributed by atoms with Crippen molar-refractivity contribution in [1.82, 2.24) is 0 Å². The van der Waals surface area contributed by atoms with E-state index < -0.39 is 16.1 Å². The third-order valence-corrected chi connectivity index (χ3v) is 2.51.